The number of benzene rings is 1. The minimum absolute atomic E-state index is 0. The van der Waals surface area contributed by atoms with Crippen LogP contribution in [0.1, 0.15) is 31.9 Å². The minimum Gasteiger partial charge on any atom is -0.352 e. The van der Waals surface area contributed by atoms with Crippen molar-refractivity contribution in [2.45, 2.75) is 32.4 Å². The molecule has 3 atom stereocenters. The fraction of sp³-hybridized carbons (Fsp3) is 0.562. The summed E-state index contributed by atoms with van der Waals surface area (Å²) >= 11 is 0. The molecule has 4 nitrogen and oxygen atoms in total. The van der Waals surface area contributed by atoms with Crippen LogP contribution in [0.3, 0.4) is 0 Å². The highest BCUT2D eigenvalue weighted by Gasteiger charge is 2.28. The maximum Gasteiger partial charge on any atom is 0.224 e. The van der Waals surface area contributed by atoms with Gasteiger partial charge in [-0.05, 0) is 18.9 Å². The van der Waals surface area contributed by atoms with Crippen molar-refractivity contribution in [2.75, 3.05) is 19.6 Å². The van der Waals surface area contributed by atoms with Crippen molar-refractivity contribution in [1.82, 2.24) is 10.2 Å². The molecule has 1 aromatic carbocycles. The zero-order valence-electron chi connectivity index (χ0n) is 13.2. The third-order valence-electron chi connectivity index (χ3n) is 4.20. The molecule has 1 fully saturated rings. The van der Waals surface area contributed by atoms with Crippen molar-refractivity contribution in [2.24, 2.45) is 11.7 Å². The average molecular weight is 348 g/mol. The van der Waals surface area contributed by atoms with Crippen LogP contribution < -0.4 is 11.1 Å². The molecule has 1 aliphatic heterocycles. The summed E-state index contributed by atoms with van der Waals surface area (Å²) < 4.78 is 0. The van der Waals surface area contributed by atoms with E-state index in [2.05, 4.69) is 41.4 Å². The number of carbonyl (C=O) groups is 1. The van der Waals surface area contributed by atoms with E-state index in [1.165, 1.54) is 5.56 Å². The molecule has 2 rings (SSSR count). The molecular weight excluding hydrogens is 321 g/mol. The van der Waals surface area contributed by atoms with E-state index in [4.69, 9.17) is 5.73 Å². The summed E-state index contributed by atoms with van der Waals surface area (Å²) in [5.74, 6) is -0.0256. The third-order valence-corrected chi connectivity index (χ3v) is 4.20. The molecule has 1 aliphatic rings. The molecule has 3 N–H and O–H groups in total. The number of hydrogen-bond acceptors (Lipinski definition) is 3. The Morgan fingerprint density at radius 3 is 2.55 bits per heavy atom. The Morgan fingerprint density at radius 2 is 1.95 bits per heavy atom. The summed E-state index contributed by atoms with van der Waals surface area (Å²) in [5, 5.41) is 3.11. The Morgan fingerprint density at radius 1 is 1.32 bits per heavy atom. The first kappa shape index (κ1) is 21.2. The number of carbonyl (C=O) groups excluding carboxylic acids is 1. The van der Waals surface area contributed by atoms with Gasteiger partial charge in [0.2, 0.25) is 5.91 Å². The number of amides is 1. The van der Waals surface area contributed by atoms with Gasteiger partial charge in [-0.25, -0.2) is 0 Å². The summed E-state index contributed by atoms with van der Waals surface area (Å²) in [5.41, 5.74) is 6.86. The van der Waals surface area contributed by atoms with E-state index in [0.717, 1.165) is 19.5 Å². The molecule has 3 unspecified atom stereocenters. The van der Waals surface area contributed by atoms with E-state index < -0.39 is 0 Å². The standard InChI is InChI=1S/C16H25N3O.2ClH/c1-12(10-17)16(20)18-15-8-9-19(11-15)13(2)14-6-4-3-5-7-14;;/h3-7,12-13,15H,8-11,17H2,1-2H3,(H,18,20);2*1H. The Labute approximate surface area is 145 Å². The van der Waals surface area contributed by atoms with Gasteiger partial charge in [0.15, 0.2) is 0 Å². The number of hydrogen-bond donors (Lipinski definition) is 2. The topological polar surface area (TPSA) is 58.4 Å². The lowest BCUT2D eigenvalue weighted by atomic mass is 10.1. The number of halogens is 2. The van der Waals surface area contributed by atoms with Gasteiger partial charge in [0.05, 0.1) is 0 Å². The van der Waals surface area contributed by atoms with Gasteiger partial charge in [-0.3, -0.25) is 9.69 Å². The van der Waals surface area contributed by atoms with Crippen LogP contribution >= 0.6 is 24.8 Å². The highest BCUT2D eigenvalue weighted by Crippen LogP contribution is 2.24. The second kappa shape index (κ2) is 10.1. The Hall–Kier alpha value is -0.810. The number of nitrogens with zero attached hydrogens (tertiary/aromatic N) is 1. The normalized spacial score (nSPS) is 20.4. The molecule has 0 bridgehead atoms. The van der Waals surface area contributed by atoms with Crippen molar-refractivity contribution in [1.29, 1.82) is 0 Å². The quantitative estimate of drug-likeness (QED) is 0.859. The monoisotopic (exact) mass is 347 g/mol. The number of rotatable bonds is 5. The van der Waals surface area contributed by atoms with Gasteiger partial charge in [-0.2, -0.15) is 0 Å². The summed E-state index contributed by atoms with van der Waals surface area (Å²) in [6.45, 7) is 6.44. The van der Waals surface area contributed by atoms with Gasteiger partial charge in [0, 0.05) is 37.6 Å². The van der Waals surface area contributed by atoms with Crippen molar-refractivity contribution in [3.63, 3.8) is 0 Å². The second-order valence-electron chi connectivity index (χ2n) is 5.71. The van der Waals surface area contributed by atoms with Gasteiger partial charge >= 0.3 is 0 Å². The number of likely N-dealkylation sites (tertiary alicyclic amines) is 1. The lowest BCUT2D eigenvalue weighted by Gasteiger charge is -2.25. The van der Waals surface area contributed by atoms with E-state index in [-0.39, 0.29) is 42.7 Å². The summed E-state index contributed by atoms with van der Waals surface area (Å²) in [7, 11) is 0. The minimum atomic E-state index is -0.101. The predicted molar refractivity (Wildman–Crippen MR) is 95.7 cm³/mol. The number of nitrogens with two attached hydrogens (primary N) is 1. The molecule has 0 aliphatic carbocycles. The van der Waals surface area contributed by atoms with Gasteiger partial charge < -0.3 is 11.1 Å². The van der Waals surface area contributed by atoms with Crippen LogP contribution in [0.15, 0.2) is 30.3 Å². The molecular formula is C16H27Cl2N3O. The maximum absolute atomic E-state index is 11.9. The molecule has 6 heteroatoms. The van der Waals surface area contributed by atoms with Crippen molar-refractivity contribution in [3.05, 3.63) is 35.9 Å². The summed E-state index contributed by atoms with van der Waals surface area (Å²) in [4.78, 5) is 14.3. The summed E-state index contributed by atoms with van der Waals surface area (Å²) in [6.07, 6.45) is 1.01. The lowest BCUT2D eigenvalue weighted by molar-refractivity contribution is -0.124. The zero-order chi connectivity index (χ0) is 14.5. The average Bonchev–Trinajstić information content (AvgIpc) is 2.94. The van der Waals surface area contributed by atoms with E-state index in [1.807, 2.05) is 13.0 Å². The highest BCUT2D eigenvalue weighted by molar-refractivity contribution is 5.85. The molecule has 0 aromatic heterocycles. The largest absolute Gasteiger partial charge is 0.352 e. The Bertz CT molecular complexity index is 444. The van der Waals surface area contributed by atoms with Crippen LogP contribution in [-0.4, -0.2) is 36.5 Å². The van der Waals surface area contributed by atoms with Gasteiger partial charge in [0.1, 0.15) is 0 Å². The highest BCUT2D eigenvalue weighted by atomic mass is 35.5. The lowest BCUT2D eigenvalue weighted by Crippen LogP contribution is -2.41. The van der Waals surface area contributed by atoms with Crippen LogP contribution in [0.4, 0.5) is 0 Å². The Balaban J connectivity index is 0.00000220. The molecule has 1 amide bonds. The van der Waals surface area contributed by atoms with Crippen molar-refractivity contribution < 1.29 is 4.79 Å². The first-order chi connectivity index (χ1) is 9.61. The molecule has 0 spiro atoms. The van der Waals surface area contributed by atoms with E-state index in [1.54, 1.807) is 0 Å². The van der Waals surface area contributed by atoms with Crippen LogP contribution in [0.5, 0.6) is 0 Å². The molecule has 1 heterocycles. The molecule has 0 saturated carbocycles. The second-order valence-corrected chi connectivity index (χ2v) is 5.71. The van der Waals surface area contributed by atoms with Crippen LogP contribution in [0.25, 0.3) is 0 Å². The van der Waals surface area contributed by atoms with Gasteiger partial charge in [-0.15, -0.1) is 24.8 Å². The van der Waals surface area contributed by atoms with Gasteiger partial charge in [-0.1, -0.05) is 37.3 Å². The fourth-order valence-electron chi connectivity index (χ4n) is 2.65. The Kier molecular flexibility index (Phi) is 9.69. The maximum atomic E-state index is 11.9. The van der Waals surface area contributed by atoms with E-state index >= 15 is 0 Å². The SMILES string of the molecule is CC(CN)C(=O)NC1CCN(C(C)c2ccccc2)C1.Cl.Cl. The van der Waals surface area contributed by atoms with E-state index in [9.17, 15) is 4.79 Å². The molecule has 1 saturated heterocycles. The van der Waals surface area contributed by atoms with Crippen LogP contribution in [-0.2, 0) is 4.79 Å². The molecule has 0 radical (unpaired) electrons. The van der Waals surface area contributed by atoms with E-state index in [0.29, 0.717) is 12.6 Å². The van der Waals surface area contributed by atoms with Crippen LogP contribution in [0.2, 0.25) is 0 Å². The smallest absolute Gasteiger partial charge is 0.224 e. The third kappa shape index (κ3) is 5.43. The van der Waals surface area contributed by atoms with Gasteiger partial charge in [0.25, 0.3) is 0 Å². The molecule has 126 valence electrons. The summed E-state index contributed by atoms with van der Waals surface area (Å²) in [6, 6.07) is 11.2. The predicted octanol–water partition coefficient (Wildman–Crippen LogP) is 2.38. The van der Waals surface area contributed by atoms with Crippen molar-refractivity contribution in [3.8, 4) is 0 Å². The first-order valence-corrected chi connectivity index (χ1v) is 7.41. The zero-order valence-corrected chi connectivity index (χ0v) is 14.8. The van der Waals surface area contributed by atoms with Crippen molar-refractivity contribution >= 4 is 30.7 Å². The first-order valence-electron chi connectivity index (χ1n) is 7.41. The number of nitrogens with one attached hydrogen (secondary N) is 1. The fourth-order valence-corrected chi connectivity index (χ4v) is 2.65. The van der Waals surface area contributed by atoms with Crippen LogP contribution in [0, 0.1) is 5.92 Å². The molecule has 1 aromatic rings. The molecule has 22 heavy (non-hydrogen) atoms.